The van der Waals surface area contributed by atoms with E-state index in [-0.39, 0.29) is 23.0 Å². The fourth-order valence-electron chi connectivity index (χ4n) is 3.60. The van der Waals surface area contributed by atoms with E-state index in [0.717, 1.165) is 16.3 Å². The third-order valence-corrected chi connectivity index (χ3v) is 6.01. The molecule has 0 spiro atoms. The molecule has 0 aliphatic heterocycles. The van der Waals surface area contributed by atoms with E-state index < -0.39 is 18.5 Å². The number of amides is 1. The zero-order valence-electron chi connectivity index (χ0n) is 17.4. The van der Waals surface area contributed by atoms with Gasteiger partial charge in [-0.2, -0.15) is 0 Å². The standard InChI is InChI=1S/C26H21NO4S/c1-17(19-13-6-9-18-8-2-3-10-20(18)19)27-24(28)16-31-26(30)22-12-5-4-11-21(22)25(29)23-14-7-15-32-23/h2-15,17H,16H2,1H3,(H,27,28). The van der Waals surface area contributed by atoms with Crippen LogP contribution in [-0.4, -0.2) is 24.3 Å². The number of hydrogen-bond acceptors (Lipinski definition) is 5. The molecule has 4 rings (SSSR count). The van der Waals surface area contributed by atoms with Crippen LogP contribution >= 0.6 is 11.3 Å². The van der Waals surface area contributed by atoms with E-state index in [1.54, 1.807) is 35.7 Å². The number of carbonyl (C=O) groups is 3. The van der Waals surface area contributed by atoms with Crippen molar-refractivity contribution in [3.63, 3.8) is 0 Å². The van der Waals surface area contributed by atoms with Gasteiger partial charge in [-0.15, -0.1) is 11.3 Å². The number of ether oxygens (including phenoxy) is 1. The van der Waals surface area contributed by atoms with Crippen LogP contribution in [0.4, 0.5) is 0 Å². The first-order valence-corrected chi connectivity index (χ1v) is 11.0. The molecule has 1 atom stereocenters. The summed E-state index contributed by atoms with van der Waals surface area (Å²) in [6.45, 7) is 1.45. The monoisotopic (exact) mass is 443 g/mol. The average Bonchev–Trinajstić information content (AvgIpc) is 3.36. The molecule has 0 aliphatic rings. The summed E-state index contributed by atoms with van der Waals surface area (Å²) in [5.41, 5.74) is 1.37. The third-order valence-electron chi connectivity index (χ3n) is 5.14. The molecule has 4 aromatic rings. The van der Waals surface area contributed by atoms with E-state index in [1.807, 2.05) is 49.4 Å². The van der Waals surface area contributed by atoms with Crippen molar-refractivity contribution in [2.45, 2.75) is 13.0 Å². The lowest BCUT2D eigenvalue weighted by molar-refractivity contribution is -0.124. The lowest BCUT2D eigenvalue weighted by Gasteiger charge is -2.17. The molecule has 0 saturated heterocycles. The van der Waals surface area contributed by atoms with Crippen LogP contribution in [-0.2, 0) is 9.53 Å². The second-order valence-electron chi connectivity index (χ2n) is 7.29. The Bertz CT molecular complexity index is 1270. The van der Waals surface area contributed by atoms with Gasteiger partial charge in [0.25, 0.3) is 5.91 Å². The molecule has 0 saturated carbocycles. The van der Waals surface area contributed by atoms with Gasteiger partial charge >= 0.3 is 5.97 Å². The Morgan fingerprint density at radius 2 is 1.59 bits per heavy atom. The fraction of sp³-hybridized carbons (Fsp3) is 0.115. The van der Waals surface area contributed by atoms with Crippen LogP contribution in [0.5, 0.6) is 0 Å². The molecule has 1 amide bonds. The van der Waals surface area contributed by atoms with E-state index >= 15 is 0 Å². The van der Waals surface area contributed by atoms with Gasteiger partial charge in [-0.25, -0.2) is 4.79 Å². The first-order valence-electron chi connectivity index (χ1n) is 10.2. The maximum absolute atomic E-state index is 12.7. The van der Waals surface area contributed by atoms with Gasteiger partial charge in [-0.3, -0.25) is 9.59 Å². The van der Waals surface area contributed by atoms with Crippen LogP contribution in [0.3, 0.4) is 0 Å². The number of carbonyl (C=O) groups excluding carboxylic acids is 3. The predicted octanol–water partition coefficient (Wildman–Crippen LogP) is 5.17. The average molecular weight is 444 g/mol. The molecule has 0 aliphatic carbocycles. The van der Waals surface area contributed by atoms with E-state index in [9.17, 15) is 14.4 Å². The topological polar surface area (TPSA) is 72.5 Å². The van der Waals surface area contributed by atoms with E-state index in [0.29, 0.717) is 4.88 Å². The third kappa shape index (κ3) is 4.60. The van der Waals surface area contributed by atoms with Crippen molar-refractivity contribution in [1.29, 1.82) is 0 Å². The quantitative estimate of drug-likeness (QED) is 0.316. The van der Waals surface area contributed by atoms with Crippen molar-refractivity contribution in [3.8, 4) is 0 Å². The number of nitrogens with one attached hydrogen (secondary N) is 1. The number of thiophene rings is 1. The Morgan fingerprint density at radius 3 is 2.38 bits per heavy atom. The Hall–Kier alpha value is -3.77. The van der Waals surface area contributed by atoms with Gasteiger partial charge in [-0.1, -0.05) is 66.7 Å². The summed E-state index contributed by atoms with van der Waals surface area (Å²) in [6, 6.07) is 23.6. The smallest absolute Gasteiger partial charge is 0.339 e. The molecule has 0 fully saturated rings. The van der Waals surface area contributed by atoms with Gasteiger partial charge < -0.3 is 10.1 Å². The zero-order valence-corrected chi connectivity index (χ0v) is 18.2. The molecule has 32 heavy (non-hydrogen) atoms. The highest BCUT2D eigenvalue weighted by Crippen LogP contribution is 2.24. The second-order valence-corrected chi connectivity index (χ2v) is 8.23. The number of rotatable bonds is 7. The maximum atomic E-state index is 12.7. The van der Waals surface area contributed by atoms with Crippen molar-refractivity contribution >= 4 is 39.8 Å². The molecule has 6 heteroatoms. The number of hydrogen-bond donors (Lipinski definition) is 1. The highest BCUT2D eigenvalue weighted by atomic mass is 32.1. The van der Waals surface area contributed by atoms with Gasteiger partial charge in [-0.05, 0) is 40.8 Å². The molecule has 5 nitrogen and oxygen atoms in total. The predicted molar refractivity (Wildman–Crippen MR) is 125 cm³/mol. The highest BCUT2D eigenvalue weighted by Gasteiger charge is 2.21. The molecule has 1 unspecified atom stereocenters. The second kappa shape index (κ2) is 9.58. The minimum absolute atomic E-state index is 0.140. The maximum Gasteiger partial charge on any atom is 0.339 e. The van der Waals surface area contributed by atoms with Gasteiger partial charge in [0.2, 0.25) is 5.78 Å². The minimum atomic E-state index is -0.710. The summed E-state index contributed by atoms with van der Waals surface area (Å²) >= 11 is 1.30. The van der Waals surface area contributed by atoms with Crippen molar-refractivity contribution in [1.82, 2.24) is 5.32 Å². The highest BCUT2D eigenvalue weighted by molar-refractivity contribution is 7.12. The number of esters is 1. The van der Waals surface area contributed by atoms with Gasteiger partial charge in [0.1, 0.15) is 0 Å². The molecule has 3 aromatic carbocycles. The largest absolute Gasteiger partial charge is 0.452 e. The Kier molecular flexibility index (Phi) is 6.42. The molecule has 0 radical (unpaired) electrons. The molecule has 1 N–H and O–H groups in total. The Balaban J connectivity index is 1.41. The van der Waals surface area contributed by atoms with Crippen molar-refractivity contribution in [3.05, 3.63) is 106 Å². The molecule has 1 heterocycles. The Morgan fingerprint density at radius 1 is 0.875 bits per heavy atom. The number of ketones is 1. The van der Waals surface area contributed by atoms with Crippen LogP contribution in [0.2, 0.25) is 0 Å². The van der Waals surface area contributed by atoms with Crippen molar-refractivity contribution < 1.29 is 19.1 Å². The molecule has 1 aromatic heterocycles. The van der Waals surface area contributed by atoms with Gasteiger partial charge in [0.15, 0.2) is 6.61 Å². The van der Waals surface area contributed by atoms with E-state index in [1.165, 1.54) is 17.4 Å². The first-order chi connectivity index (χ1) is 15.5. The summed E-state index contributed by atoms with van der Waals surface area (Å²) < 4.78 is 5.22. The van der Waals surface area contributed by atoms with Crippen molar-refractivity contribution in [2.24, 2.45) is 0 Å². The number of fused-ring (bicyclic) bond motifs is 1. The van der Waals surface area contributed by atoms with Gasteiger partial charge in [0.05, 0.1) is 16.5 Å². The lowest BCUT2D eigenvalue weighted by Crippen LogP contribution is -2.31. The molecular weight excluding hydrogens is 422 g/mol. The Labute approximate surface area is 189 Å². The lowest BCUT2D eigenvalue weighted by atomic mass is 10.00. The normalized spacial score (nSPS) is 11.7. The summed E-state index contributed by atoms with van der Waals surface area (Å²) in [5.74, 6) is -1.37. The van der Waals surface area contributed by atoms with Crippen LogP contribution in [0, 0.1) is 0 Å². The molecular formula is C26H21NO4S. The molecule has 0 bridgehead atoms. The summed E-state index contributed by atoms with van der Waals surface area (Å²) in [4.78, 5) is 38.3. The SMILES string of the molecule is CC(NC(=O)COC(=O)c1ccccc1C(=O)c1cccs1)c1cccc2ccccc12. The zero-order chi connectivity index (χ0) is 22.5. The number of benzene rings is 3. The van der Waals surface area contributed by atoms with Crippen LogP contribution in [0.15, 0.2) is 84.2 Å². The van der Waals surface area contributed by atoms with Crippen LogP contribution in [0.25, 0.3) is 10.8 Å². The van der Waals surface area contributed by atoms with Crippen LogP contribution in [0.1, 0.15) is 44.1 Å². The summed E-state index contributed by atoms with van der Waals surface area (Å²) in [6.07, 6.45) is 0. The van der Waals surface area contributed by atoms with E-state index in [4.69, 9.17) is 4.74 Å². The minimum Gasteiger partial charge on any atom is -0.452 e. The first kappa shape index (κ1) is 21.5. The van der Waals surface area contributed by atoms with Crippen molar-refractivity contribution in [2.75, 3.05) is 6.61 Å². The van der Waals surface area contributed by atoms with Crippen LogP contribution < -0.4 is 5.32 Å². The summed E-state index contributed by atoms with van der Waals surface area (Å²) in [5, 5.41) is 6.82. The molecule has 160 valence electrons. The summed E-state index contributed by atoms with van der Waals surface area (Å²) in [7, 11) is 0. The van der Waals surface area contributed by atoms with Gasteiger partial charge in [0, 0.05) is 5.56 Å². The fourth-order valence-corrected chi connectivity index (χ4v) is 4.28. The van der Waals surface area contributed by atoms with E-state index in [2.05, 4.69) is 5.32 Å².